The van der Waals surface area contributed by atoms with Crippen LogP contribution >= 0.6 is 0 Å². The number of hydrogen-bond donors (Lipinski definition) is 4. The Morgan fingerprint density at radius 1 is 1.29 bits per heavy atom. The minimum atomic E-state index is -1.16. The van der Waals surface area contributed by atoms with Crippen molar-refractivity contribution in [3.8, 4) is 5.75 Å². The highest BCUT2D eigenvalue weighted by molar-refractivity contribution is 7.84. The van der Waals surface area contributed by atoms with Crippen molar-refractivity contribution in [2.45, 2.75) is 12.5 Å². The Bertz CT molecular complexity index is 518. The van der Waals surface area contributed by atoms with Crippen LogP contribution < -0.4 is 10.6 Å². The molecule has 0 saturated heterocycles. The van der Waals surface area contributed by atoms with Crippen LogP contribution in [0.3, 0.4) is 0 Å². The first-order valence-corrected chi connectivity index (χ1v) is 7.96. The molecule has 0 aliphatic rings. The monoisotopic (exact) mass is 314 g/mol. The Kier molecular flexibility index (Phi) is 6.67. The van der Waals surface area contributed by atoms with E-state index in [1.165, 1.54) is 18.4 Å². The number of phenols is 1. The van der Waals surface area contributed by atoms with Gasteiger partial charge in [0.2, 0.25) is 0 Å². The zero-order chi connectivity index (χ0) is 15.8. The summed E-state index contributed by atoms with van der Waals surface area (Å²) in [5.41, 5.74) is 0.676. The number of amides is 2. The summed E-state index contributed by atoms with van der Waals surface area (Å²) in [6.07, 6.45) is 1.62. The van der Waals surface area contributed by atoms with Gasteiger partial charge in [-0.3, -0.25) is 4.21 Å². The maximum atomic E-state index is 11.6. The molecular formula is C13H18N2O5S. The summed E-state index contributed by atoms with van der Waals surface area (Å²) in [5, 5.41) is 23.1. The van der Waals surface area contributed by atoms with Crippen LogP contribution in [0.15, 0.2) is 24.3 Å². The summed E-state index contributed by atoms with van der Waals surface area (Å²) < 4.78 is 10.8. The van der Waals surface area contributed by atoms with E-state index in [4.69, 9.17) is 10.2 Å². The zero-order valence-corrected chi connectivity index (χ0v) is 12.4. The Morgan fingerprint density at radius 2 is 1.90 bits per heavy atom. The lowest BCUT2D eigenvalue weighted by Crippen LogP contribution is -2.47. The molecule has 2 unspecified atom stereocenters. The quantitative estimate of drug-likeness (QED) is 0.568. The first kappa shape index (κ1) is 17.0. The Balaban J connectivity index is 2.53. The topological polar surface area (TPSA) is 116 Å². The number of urea groups is 1. The van der Waals surface area contributed by atoms with Crippen LogP contribution in [0.2, 0.25) is 0 Å². The average molecular weight is 314 g/mol. The van der Waals surface area contributed by atoms with E-state index in [2.05, 4.69) is 10.6 Å². The standard InChI is InChI=1S/C13H18N2O5S/c1-21(20)7-6-14-13(19)15-11(12(17)18)8-9-2-4-10(16)5-3-9/h2-5,11,16H,6-8H2,1H3,(H,17,18)(H2,14,15,19). The van der Waals surface area contributed by atoms with Gasteiger partial charge in [0.25, 0.3) is 0 Å². The second-order valence-electron chi connectivity index (χ2n) is 4.44. The molecule has 0 spiro atoms. The molecule has 4 N–H and O–H groups in total. The number of phenolic OH excluding ortho intramolecular Hbond substituents is 1. The number of carbonyl (C=O) groups excluding carboxylic acids is 1. The average Bonchev–Trinajstić information content (AvgIpc) is 2.40. The molecule has 1 aromatic rings. The van der Waals surface area contributed by atoms with Crippen LogP contribution in [0.4, 0.5) is 4.79 Å². The fourth-order valence-electron chi connectivity index (χ4n) is 1.59. The van der Waals surface area contributed by atoms with Gasteiger partial charge in [0.1, 0.15) is 11.8 Å². The second kappa shape index (κ2) is 8.25. The second-order valence-corrected chi connectivity index (χ2v) is 5.99. The highest BCUT2D eigenvalue weighted by Gasteiger charge is 2.20. The maximum Gasteiger partial charge on any atom is 0.326 e. The van der Waals surface area contributed by atoms with E-state index in [1.807, 2.05) is 0 Å². The molecule has 8 heteroatoms. The van der Waals surface area contributed by atoms with E-state index in [-0.39, 0.29) is 18.7 Å². The van der Waals surface area contributed by atoms with Crippen LogP contribution in [0.25, 0.3) is 0 Å². The van der Waals surface area contributed by atoms with Crippen molar-refractivity contribution >= 4 is 22.8 Å². The molecule has 0 bridgehead atoms. The summed E-state index contributed by atoms with van der Waals surface area (Å²) in [4.78, 5) is 22.7. The van der Waals surface area contributed by atoms with Crippen molar-refractivity contribution in [3.63, 3.8) is 0 Å². The molecule has 116 valence electrons. The molecule has 2 amide bonds. The number of aliphatic carboxylic acids is 1. The number of aromatic hydroxyl groups is 1. The van der Waals surface area contributed by atoms with Crippen LogP contribution in [0.5, 0.6) is 5.75 Å². The predicted molar refractivity (Wildman–Crippen MR) is 78.7 cm³/mol. The van der Waals surface area contributed by atoms with Crippen LogP contribution in [-0.4, -0.2) is 51.0 Å². The van der Waals surface area contributed by atoms with Gasteiger partial charge in [0, 0.05) is 35.8 Å². The molecule has 0 radical (unpaired) electrons. The molecular weight excluding hydrogens is 296 g/mol. The SMILES string of the molecule is CS(=O)CCNC(=O)NC(Cc1ccc(O)cc1)C(=O)O. The first-order chi connectivity index (χ1) is 9.88. The fraction of sp³-hybridized carbons (Fsp3) is 0.385. The lowest BCUT2D eigenvalue weighted by Gasteiger charge is -2.15. The molecule has 0 aromatic heterocycles. The summed E-state index contributed by atoms with van der Waals surface area (Å²) in [5.74, 6) is -0.760. The van der Waals surface area contributed by atoms with Crippen molar-refractivity contribution in [1.29, 1.82) is 0 Å². The maximum absolute atomic E-state index is 11.6. The third-order valence-corrected chi connectivity index (χ3v) is 3.43. The Morgan fingerprint density at radius 3 is 2.43 bits per heavy atom. The van der Waals surface area contributed by atoms with Crippen molar-refractivity contribution < 1.29 is 24.0 Å². The minimum absolute atomic E-state index is 0.0869. The van der Waals surface area contributed by atoms with E-state index < -0.39 is 28.8 Å². The smallest absolute Gasteiger partial charge is 0.326 e. The number of rotatable bonds is 7. The van der Waals surface area contributed by atoms with E-state index in [0.29, 0.717) is 11.3 Å². The van der Waals surface area contributed by atoms with E-state index in [1.54, 1.807) is 12.1 Å². The number of nitrogens with one attached hydrogen (secondary N) is 2. The molecule has 1 aromatic carbocycles. The third kappa shape index (κ3) is 6.75. The summed E-state index contributed by atoms with van der Waals surface area (Å²) >= 11 is 0. The molecule has 0 aliphatic heterocycles. The molecule has 0 heterocycles. The van der Waals surface area contributed by atoms with Gasteiger partial charge in [0.05, 0.1) is 0 Å². The van der Waals surface area contributed by atoms with Gasteiger partial charge in [0.15, 0.2) is 0 Å². The number of benzene rings is 1. The van der Waals surface area contributed by atoms with Gasteiger partial charge in [-0.05, 0) is 17.7 Å². The molecule has 0 saturated carbocycles. The molecule has 7 nitrogen and oxygen atoms in total. The summed E-state index contributed by atoms with van der Waals surface area (Å²) in [7, 11) is -1.02. The molecule has 2 atom stereocenters. The van der Waals surface area contributed by atoms with E-state index in [9.17, 15) is 13.8 Å². The van der Waals surface area contributed by atoms with Crippen molar-refractivity contribution in [2.24, 2.45) is 0 Å². The zero-order valence-electron chi connectivity index (χ0n) is 11.5. The van der Waals surface area contributed by atoms with Gasteiger partial charge in [-0.15, -0.1) is 0 Å². The lowest BCUT2D eigenvalue weighted by molar-refractivity contribution is -0.139. The van der Waals surface area contributed by atoms with Crippen LogP contribution in [-0.2, 0) is 22.0 Å². The van der Waals surface area contributed by atoms with Crippen molar-refractivity contribution in [2.75, 3.05) is 18.6 Å². The summed E-state index contributed by atoms with van der Waals surface area (Å²) in [6.45, 7) is 0.209. The Hall–Kier alpha value is -2.09. The van der Waals surface area contributed by atoms with Gasteiger partial charge in [-0.25, -0.2) is 9.59 Å². The van der Waals surface area contributed by atoms with Crippen molar-refractivity contribution in [3.05, 3.63) is 29.8 Å². The van der Waals surface area contributed by atoms with Crippen molar-refractivity contribution in [1.82, 2.24) is 10.6 Å². The number of carbonyl (C=O) groups is 2. The fourth-order valence-corrected chi connectivity index (χ4v) is 1.97. The highest BCUT2D eigenvalue weighted by atomic mass is 32.2. The first-order valence-electron chi connectivity index (χ1n) is 6.23. The third-order valence-electron chi connectivity index (χ3n) is 2.65. The molecule has 1 rings (SSSR count). The minimum Gasteiger partial charge on any atom is -0.508 e. The largest absolute Gasteiger partial charge is 0.508 e. The molecule has 21 heavy (non-hydrogen) atoms. The molecule has 0 fully saturated rings. The normalized spacial score (nSPS) is 13.2. The van der Waals surface area contributed by atoms with Gasteiger partial charge >= 0.3 is 12.0 Å². The number of carboxylic acid groups (broad SMARTS) is 1. The van der Waals surface area contributed by atoms with Crippen LogP contribution in [0.1, 0.15) is 5.56 Å². The lowest BCUT2D eigenvalue weighted by atomic mass is 10.1. The van der Waals surface area contributed by atoms with Crippen LogP contribution in [0, 0.1) is 0 Å². The highest BCUT2D eigenvalue weighted by Crippen LogP contribution is 2.11. The number of carboxylic acids is 1. The predicted octanol–water partition coefficient (Wildman–Crippen LogP) is 0.0656. The van der Waals surface area contributed by atoms with E-state index in [0.717, 1.165) is 0 Å². The Labute approximate surface area is 124 Å². The summed E-state index contributed by atoms with van der Waals surface area (Å²) in [6, 6.07) is 4.37. The van der Waals surface area contributed by atoms with E-state index >= 15 is 0 Å². The molecule has 0 aliphatic carbocycles. The van der Waals surface area contributed by atoms with Gasteiger partial charge in [-0.1, -0.05) is 12.1 Å². The number of hydrogen-bond acceptors (Lipinski definition) is 4. The van der Waals surface area contributed by atoms with Gasteiger partial charge < -0.3 is 20.8 Å². The van der Waals surface area contributed by atoms with Gasteiger partial charge in [-0.2, -0.15) is 0 Å².